The first-order chi connectivity index (χ1) is 16.6. The molecular formula is C28H38N2O4Si. The molecule has 4 N–H and O–H groups in total. The van der Waals surface area contributed by atoms with Crippen LogP contribution >= 0.6 is 0 Å². The number of hydrogen-bond acceptors (Lipinski definition) is 4. The van der Waals surface area contributed by atoms with E-state index in [4.69, 9.17) is 9.53 Å². The summed E-state index contributed by atoms with van der Waals surface area (Å²) in [6, 6.07) is 21.4. The van der Waals surface area contributed by atoms with Crippen LogP contribution in [0.2, 0.25) is 5.04 Å². The molecule has 4 saturated carbocycles. The minimum atomic E-state index is -2.56. The van der Waals surface area contributed by atoms with E-state index < -0.39 is 20.5 Å². The molecule has 6 rings (SSSR count). The summed E-state index contributed by atoms with van der Waals surface area (Å²) in [7, 11) is -2.56. The van der Waals surface area contributed by atoms with E-state index in [9.17, 15) is 9.90 Å². The Hall–Kier alpha value is -2.19. The molecule has 2 bridgehead atoms. The van der Waals surface area contributed by atoms with Crippen LogP contribution in [0.25, 0.3) is 0 Å². The van der Waals surface area contributed by atoms with Crippen LogP contribution in [-0.4, -0.2) is 54.5 Å². The van der Waals surface area contributed by atoms with Gasteiger partial charge in [0.25, 0.3) is 8.32 Å². The second kappa shape index (κ2) is 8.73. The molecule has 1 amide bonds. The second-order valence-corrected chi connectivity index (χ2v) is 16.4. The lowest BCUT2D eigenvalue weighted by Gasteiger charge is -2.70. The van der Waals surface area contributed by atoms with Crippen LogP contribution in [0.3, 0.4) is 0 Å². The van der Waals surface area contributed by atoms with Gasteiger partial charge < -0.3 is 25.3 Å². The van der Waals surface area contributed by atoms with E-state index in [2.05, 4.69) is 92.1 Å². The molecule has 0 heterocycles. The fourth-order valence-electron chi connectivity index (χ4n) is 6.78. The number of benzene rings is 2. The first-order valence-corrected chi connectivity index (χ1v) is 14.7. The maximum atomic E-state index is 10.9. The van der Waals surface area contributed by atoms with Gasteiger partial charge in [0.1, 0.15) is 0 Å². The Morgan fingerprint density at radius 3 is 1.97 bits per heavy atom. The van der Waals surface area contributed by atoms with Crippen molar-refractivity contribution < 1.29 is 19.4 Å². The Balaban J connectivity index is 1.22. The molecule has 0 aromatic heterocycles. The Bertz CT molecular complexity index is 990. The standard InChI is InChI=1S/C28H38N2O4Si/c1-26(2,3)35(22-10-6-4-7-11-22,23-12-8-5-9-13-23)34-21-14-20(15-21)24(31)16-29-27-17-28(18-27,19-27)30-25(32)33/h4-13,20-21,24,29-31H,14-19H2,1-3H3,(H,32,33). The number of nitrogens with one attached hydrogen (secondary N) is 2. The van der Waals surface area contributed by atoms with Gasteiger partial charge in [-0.3, -0.25) is 0 Å². The maximum Gasteiger partial charge on any atom is 0.405 e. The van der Waals surface area contributed by atoms with Gasteiger partial charge in [-0.05, 0) is 53.4 Å². The molecule has 1 unspecified atom stereocenters. The molecular weight excluding hydrogens is 456 g/mol. The lowest BCUT2D eigenvalue weighted by Crippen LogP contribution is -2.83. The third-order valence-corrected chi connectivity index (χ3v) is 13.6. The Morgan fingerprint density at radius 2 is 1.51 bits per heavy atom. The number of hydrogen-bond donors (Lipinski definition) is 4. The number of aliphatic hydroxyl groups excluding tert-OH is 1. The van der Waals surface area contributed by atoms with E-state index in [0.29, 0.717) is 6.54 Å². The largest absolute Gasteiger partial charge is 0.465 e. The van der Waals surface area contributed by atoms with E-state index in [-0.39, 0.29) is 28.1 Å². The van der Waals surface area contributed by atoms with Gasteiger partial charge in [-0.25, -0.2) is 4.79 Å². The average Bonchev–Trinajstić information content (AvgIpc) is 2.74. The van der Waals surface area contributed by atoms with Gasteiger partial charge in [0, 0.05) is 23.7 Å². The highest BCUT2D eigenvalue weighted by atomic mass is 28.4. The molecule has 0 saturated heterocycles. The van der Waals surface area contributed by atoms with E-state index in [0.717, 1.165) is 32.1 Å². The van der Waals surface area contributed by atoms with Crippen molar-refractivity contribution >= 4 is 24.8 Å². The molecule has 188 valence electrons. The second-order valence-electron chi connectivity index (χ2n) is 12.1. The van der Waals surface area contributed by atoms with Gasteiger partial charge in [0.05, 0.1) is 6.10 Å². The number of carbonyl (C=O) groups is 1. The van der Waals surface area contributed by atoms with E-state index in [1.165, 1.54) is 10.4 Å². The minimum Gasteiger partial charge on any atom is -0.465 e. The molecule has 4 aliphatic carbocycles. The summed E-state index contributed by atoms with van der Waals surface area (Å²) >= 11 is 0. The van der Waals surface area contributed by atoms with Crippen LogP contribution in [0.5, 0.6) is 0 Å². The van der Waals surface area contributed by atoms with E-state index >= 15 is 0 Å². The van der Waals surface area contributed by atoms with Gasteiger partial charge in [-0.1, -0.05) is 81.4 Å². The Labute approximate surface area is 209 Å². The maximum absolute atomic E-state index is 10.9. The van der Waals surface area contributed by atoms with Crippen LogP contribution in [0, 0.1) is 5.92 Å². The summed E-state index contributed by atoms with van der Waals surface area (Å²) in [5.41, 5.74) is -0.215. The van der Waals surface area contributed by atoms with Crippen molar-refractivity contribution in [2.75, 3.05) is 6.54 Å². The topological polar surface area (TPSA) is 90.8 Å². The summed E-state index contributed by atoms with van der Waals surface area (Å²) in [5, 5.41) is 28.6. The molecule has 0 aliphatic heterocycles. The Morgan fingerprint density at radius 1 is 1.00 bits per heavy atom. The normalized spacial score (nSPS) is 30.4. The molecule has 6 nitrogen and oxygen atoms in total. The molecule has 7 heteroatoms. The lowest BCUT2D eigenvalue weighted by atomic mass is 9.44. The third-order valence-electron chi connectivity index (χ3n) is 8.52. The van der Waals surface area contributed by atoms with Crippen molar-refractivity contribution in [2.45, 2.75) is 81.2 Å². The van der Waals surface area contributed by atoms with E-state index in [1.54, 1.807) is 0 Å². The van der Waals surface area contributed by atoms with Crippen molar-refractivity contribution in [3.63, 3.8) is 0 Å². The third kappa shape index (κ3) is 4.33. The molecule has 4 aliphatic rings. The zero-order chi connectivity index (χ0) is 24.9. The predicted molar refractivity (Wildman–Crippen MR) is 140 cm³/mol. The van der Waals surface area contributed by atoms with Crippen LogP contribution < -0.4 is 21.0 Å². The average molecular weight is 495 g/mol. The quantitative estimate of drug-likeness (QED) is 0.402. The summed E-state index contributed by atoms with van der Waals surface area (Å²) in [6.45, 7) is 7.44. The SMILES string of the molecule is CC(C)(C)[Si](OC1CC(C(O)CNC23CC(NC(=O)O)(C2)C3)C1)(c1ccccc1)c1ccccc1. The summed E-state index contributed by atoms with van der Waals surface area (Å²) in [4.78, 5) is 10.9. The van der Waals surface area contributed by atoms with Gasteiger partial charge >= 0.3 is 6.09 Å². The first-order valence-electron chi connectivity index (χ1n) is 12.8. The lowest BCUT2D eigenvalue weighted by molar-refractivity contribution is -0.108. The zero-order valence-corrected chi connectivity index (χ0v) is 22.0. The molecule has 35 heavy (non-hydrogen) atoms. The van der Waals surface area contributed by atoms with E-state index in [1.807, 2.05) is 0 Å². The number of amides is 1. The Kier molecular flexibility index (Phi) is 6.11. The summed E-state index contributed by atoms with van der Waals surface area (Å²) in [6.07, 6.45) is 2.98. The molecule has 2 aromatic carbocycles. The minimum absolute atomic E-state index is 0.0119. The number of carboxylic acid groups (broad SMARTS) is 1. The highest BCUT2D eigenvalue weighted by Gasteiger charge is 2.68. The van der Waals surface area contributed by atoms with Crippen molar-refractivity contribution in [3.05, 3.63) is 60.7 Å². The molecule has 4 fully saturated rings. The van der Waals surface area contributed by atoms with Crippen LogP contribution in [-0.2, 0) is 4.43 Å². The van der Waals surface area contributed by atoms with Crippen molar-refractivity contribution in [1.29, 1.82) is 0 Å². The fraction of sp³-hybridized carbons (Fsp3) is 0.536. The molecule has 0 radical (unpaired) electrons. The number of β-amino-alcohol motifs (C(OH)–C–C–N with tert-alkyl or cyclic N) is 1. The zero-order valence-electron chi connectivity index (χ0n) is 21.0. The number of aliphatic hydroxyl groups is 1. The van der Waals surface area contributed by atoms with Crippen LogP contribution in [0.4, 0.5) is 4.79 Å². The first kappa shape index (κ1) is 24.5. The van der Waals surface area contributed by atoms with Crippen LogP contribution in [0.1, 0.15) is 52.9 Å². The van der Waals surface area contributed by atoms with Crippen molar-refractivity contribution in [2.24, 2.45) is 5.92 Å². The van der Waals surface area contributed by atoms with Gasteiger partial charge in [-0.2, -0.15) is 0 Å². The molecule has 2 aromatic rings. The fourth-order valence-corrected chi connectivity index (χ4v) is 11.5. The summed E-state index contributed by atoms with van der Waals surface area (Å²) < 4.78 is 7.17. The van der Waals surface area contributed by atoms with Crippen molar-refractivity contribution in [3.8, 4) is 0 Å². The van der Waals surface area contributed by atoms with Crippen LogP contribution in [0.15, 0.2) is 60.7 Å². The summed E-state index contributed by atoms with van der Waals surface area (Å²) in [5.74, 6) is 0.226. The number of rotatable bonds is 9. The monoisotopic (exact) mass is 494 g/mol. The van der Waals surface area contributed by atoms with Crippen molar-refractivity contribution in [1.82, 2.24) is 10.6 Å². The smallest absolute Gasteiger partial charge is 0.405 e. The molecule has 1 atom stereocenters. The highest BCUT2D eigenvalue weighted by molar-refractivity contribution is 6.99. The van der Waals surface area contributed by atoms with Gasteiger partial charge in [0.2, 0.25) is 0 Å². The predicted octanol–water partition coefficient (Wildman–Crippen LogP) is 3.23. The molecule has 0 spiro atoms. The van der Waals surface area contributed by atoms with Gasteiger partial charge in [0.15, 0.2) is 0 Å². The highest BCUT2D eigenvalue weighted by Crippen LogP contribution is 2.60. The van der Waals surface area contributed by atoms with Gasteiger partial charge in [-0.15, -0.1) is 0 Å².